The average molecular weight is 456 g/mol. The zero-order valence-electron chi connectivity index (χ0n) is 17.6. The first kappa shape index (κ1) is 21.6. The number of amides is 1. The van der Waals surface area contributed by atoms with Crippen molar-refractivity contribution < 1.29 is 33.1 Å². The number of hydrogen-bond donors (Lipinski definition) is 1. The van der Waals surface area contributed by atoms with Crippen LogP contribution in [0.3, 0.4) is 0 Å². The Bertz CT molecular complexity index is 1210. The summed E-state index contributed by atoms with van der Waals surface area (Å²) < 4.78 is 21.5. The van der Waals surface area contributed by atoms with E-state index >= 15 is 0 Å². The predicted molar refractivity (Wildman–Crippen MR) is 116 cm³/mol. The van der Waals surface area contributed by atoms with Crippen LogP contribution in [0, 0.1) is 6.92 Å². The Morgan fingerprint density at radius 3 is 2.62 bits per heavy atom. The third-order valence-electron chi connectivity index (χ3n) is 4.74. The molecule has 4 rings (SSSR count). The maximum atomic E-state index is 12.8. The van der Waals surface area contributed by atoms with Crippen LogP contribution >= 0.6 is 11.3 Å². The molecule has 1 amide bonds. The van der Waals surface area contributed by atoms with Crippen LogP contribution < -0.4 is 14.8 Å². The van der Waals surface area contributed by atoms with E-state index in [9.17, 15) is 14.4 Å². The molecule has 32 heavy (non-hydrogen) atoms. The largest absolute Gasteiger partial charge is 0.486 e. The summed E-state index contributed by atoms with van der Waals surface area (Å²) >= 11 is 1.02. The van der Waals surface area contributed by atoms with Crippen LogP contribution in [0.15, 0.2) is 28.8 Å². The van der Waals surface area contributed by atoms with E-state index in [4.69, 9.17) is 18.7 Å². The quantitative estimate of drug-likeness (QED) is 0.435. The maximum Gasteiger partial charge on any atom is 0.341 e. The molecular weight excluding hydrogens is 436 g/mol. The summed E-state index contributed by atoms with van der Waals surface area (Å²) in [4.78, 5) is 37.5. The number of aromatic nitrogens is 1. The maximum absolute atomic E-state index is 12.8. The number of nitrogens with zero attached hydrogens (tertiary/aromatic N) is 1. The number of ketones is 1. The fourth-order valence-electron chi connectivity index (χ4n) is 3.27. The fourth-order valence-corrected chi connectivity index (χ4v) is 4.35. The topological polar surface area (TPSA) is 117 Å². The van der Waals surface area contributed by atoms with E-state index in [0.29, 0.717) is 46.5 Å². The van der Waals surface area contributed by atoms with Gasteiger partial charge in [-0.05, 0) is 44.5 Å². The number of Topliss-reactive ketones (excluding diaryl/α,β-unsaturated/α-hetero) is 1. The van der Waals surface area contributed by atoms with Crippen molar-refractivity contribution in [1.29, 1.82) is 0 Å². The molecule has 0 spiro atoms. The lowest BCUT2D eigenvalue weighted by atomic mass is 10.1. The zero-order chi connectivity index (χ0) is 22.8. The van der Waals surface area contributed by atoms with E-state index in [-0.39, 0.29) is 28.6 Å². The number of hydrogen-bond acceptors (Lipinski definition) is 9. The van der Waals surface area contributed by atoms with Crippen molar-refractivity contribution in [3.8, 4) is 22.8 Å². The van der Waals surface area contributed by atoms with E-state index in [1.165, 1.54) is 13.0 Å². The van der Waals surface area contributed by atoms with E-state index in [1.54, 1.807) is 32.0 Å². The van der Waals surface area contributed by atoms with Gasteiger partial charge in [-0.25, -0.2) is 4.79 Å². The third-order valence-corrected chi connectivity index (χ3v) is 6.05. The van der Waals surface area contributed by atoms with E-state index in [1.807, 2.05) is 0 Å². The molecule has 1 aliphatic rings. The molecule has 9 nitrogen and oxygen atoms in total. The number of rotatable bonds is 6. The Labute approximate surface area is 187 Å². The first-order valence-electron chi connectivity index (χ1n) is 9.88. The van der Waals surface area contributed by atoms with Crippen molar-refractivity contribution in [1.82, 2.24) is 5.16 Å². The number of fused-ring (bicyclic) bond motifs is 1. The molecule has 1 aromatic carbocycles. The molecule has 1 aliphatic heterocycles. The van der Waals surface area contributed by atoms with Crippen LogP contribution in [0.1, 0.15) is 49.9 Å². The monoisotopic (exact) mass is 456 g/mol. The first-order valence-corrected chi connectivity index (χ1v) is 10.7. The van der Waals surface area contributed by atoms with Gasteiger partial charge in [0.25, 0.3) is 5.91 Å². The Morgan fingerprint density at radius 1 is 1.16 bits per heavy atom. The summed E-state index contributed by atoms with van der Waals surface area (Å²) in [6.45, 7) is 5.82. The second kappa shape index (κ2) is 8.83. The molecule has 0 atom stereocenters. The van der Waals surface area contributed by atoms with Crippen LogP contribution in [0.4, 0.5) is 5.00 Å². The Kier molecular flexibility index (Phi) is 5.95. The Morgan fingerprint density at radius 2 is 1.91 bits per heavy atom. The normalized spacial score (nSPS) is 12.3. The lowest BCUT2D eigenvalue weighted by molar-refractivity contribution is 0.0527. The SMILES string of the molecule is CCOC(=O)c1c(NC(=O)c2cc(-c3ccc4c(c3)OCCO4)on2)sc(C(C)=O)c1C. The molecule has 0 bridgehead atoms. The average Bonchev–Trinajstić information content (AvgIpc) is 3.39. The molecule has 0 saturated carbocycles. The van der Waals surface area contributed by atoms with Gasteiger partial charge >= 0.3 is 5.97 Å². The highest BCUT2D eigenvalue weighted by atomic mass is 32.1. The first-order chi connectivity index (χ1) is 15.4. The van der Waals surface area contributed by atoms with Gasteiger partial charge in [-0.3, -0.25) is 9.59 Å². The standard InChI is InChI=1S/C22H20N2O7S/c1-4-28-22(27)18-11(2)19(12(3)25)32-21(18)23-20(26)14-10-16(31-24-14)13-5-6-15-17(9-13)30-8-7-29-15/h5-6,9-10H,4,7-8H2,1-3H3,(H,23,26). The van der Waals surface area contributed by atoms with E-state index in [2.05, 4.69) is 10.5 Å². The van der Waals surface area contributed by atoms with Gasteiger partial charge in [0, 0.05) is 11.6 Å². The van der Waals surface area contributed by atoms with E-state index < -0.39 is 11.9 Å². The molecule has 0 aliphatic carbocycles. The summed E-state index contributed by atoms with van der Waals surface area (Å²) in [5, 5.41) is 6.72. The summed E-state index contributed by atoms with van der Waals surface area (Å²) in [5.41, 5.74) is 1.30. The zero-order valence-corrected chi connectivity index (χ0v) is 18.5. The van der Waals surface area contributed by atoms with E-state index in [0.717, 1.165) is 11.3 Å². The highest BCUT2D eigenvalue weighted by Crippen LogP contribution is 2.36. The number of nitrogens with one attached hydrogen (secondary N) is 1. The van der Waals surface area contributed by atoms with Crippen molar-refractivity contribution >= 4 is 34.0 Å². The van der Waals surface area contributed by atoms with Gasteiger partial charge in [0.05, 0.1) is 17.0 Å². The summed E-state index contributed by atoms with van der Waals surface area (Å²) in [6, 6.07) is 6.76. The number of ether oxygens (including phenoxy) is 3. The van der Waals surface area contributed by atoms with Gasteiger partial charge in [0.2, 0.25) is 0 Å². The van der Waals surface area contributed by atoms with Crippen LogP contribution in [-0.4, -0.2) is 42.6 Å². The molecule has 166 valence electrons. The van der Waals surface area contributed by atoms with Crippen molar-refractivity contribution in [2.45, 2.75) is 20.8 Å². The molecule has 3 aromatic rings. The Balaban J connectivity index is 1.59. The van der Waals surface area contributed by atoms with Crippen LogP contribution in [0.25, 0.3) is 11.3 Å². The number of carbonyl (C=O) groups is 3. The molecule has 0 radical (unpaired) electrons. The van der Waals surface area contributed by atoms with Crippen LogP contribution in [-0.2, 0) is 4.74 Å². The minimum atomic E-state index is -0.610. The molecule has 0 saturated heterocycles. The molecule has 0 fully saturated rings. The second-order valence-electron chi connectivity index (χ2n) is 6.93. The highest BCUT2D eigenvalue weighted by Gasteiger charge is 2.26. The number of thiophene rings is 1. The number of anilines is 1. The molecular formula is C22H20N2O7S. The van der Waals surface area contributed by atoms with Crippen molar-refractivity contribution in [3.05, 3.63) is 46.0 Å². The lowest BCUT2D eigenvalue weighted by Gasteiger charge is -2.18. The molecule has 2 aromatic heterocycles. The number of benzene rings is 1. The van der Waals surface area contributed by atoms with Gasteiger partial charge in [0.1, 0.15) is 18.2 Å². The lowest BCUT2D eigenvalue weighted by Crippen LogP contribution is -2.15. The fraction of sp³-hybridized carbons (Fsp3) is 0.273. The molecule has 10 heteroatoms. The van der Waals surface area contributed by atoms with Gasteiger partial charge in [-0.2, -0.15) is 0 Å². The Hall–Kier alpha value is -3.66. The smallest absolute Gasteiger partial charge is 0.341 e. The number of esters is 1. The van der Waals surface area contributed by atoms with Gasteiger partial charge in [-0.1, -0.05) is 5.16 Å². The molecule has 1 N–H and O–H groups in total. The third kappa shape index (κ3) is 4.09. The van der Waals surface area contributed by atoms with Crippen LogP contribution in [0.5, 0.6) is 11.5 Å². The van der Waals surface area contributed by atoms with Crippen molar-refractivity contribution in [3.63, 3.8) is 0 Å². The van der Waals surface area contributed by atoms with Crippen molar-refractivity contribution in [2.75, 3.05) is 25.1 Å². The highest BCUT2D eigenvalue weighted by molar-refractivity contribution is 7.18. The summed E-state index contributed by atoms with van der Waals surface area (Å²) in [7, 11) is 0. The second-order valence-corrected chi connectivity index (χ2v) is 7.95. The number of carbonyl (C=O) groups excluding carboxylic acids is 3. The van der Waals surface area contributed by atoms with Crippen molar-refractivity contribution in [2.24, 2.45) is 0 Å². The summed E-state index contributed by atoms with van der Waals surface area (Å²) in [6.07, 6.45) is 0. The van der Waals surface area contributed by atoms with Gasteiger partial charge in [0.15, 0.2) is 28.7 Å². The van der Waals surface area contributed by atoms with Gasteiger partial charge < -0.3 is 24.1 Å². The van der Waals surface area contributed by atoms with Gasteiger partial charge in [-0.15, -0.1) is 11.3 Å². The predicted octanol–water partition coefficient (Wildman–Crippen LogP) is 4.11. The molecule has 3 heterocycles. The van der Waals surface area contributed by atoms with Crippen LogP contribution in [0.2, 0.25) is 0 Å². The molecule has 0 unspecified atom stereocenters. The minimum absolute atomic E-state index is 0.0140. The summed E-state index contributed by atoms with van der Waals surface area (Å²) in [5.74, 6) is 0.186. The minimum Gasteiger partial charge on any atom is -0.486 e.